The van der Waals surface area contributed by atoms with Crippen LogP contribution < -0.4 is 21.1 Å². The lowest BCUT2D eigenvalue weighted by atomic mass is 10.1. The van der Waals surface area contributed by atoms with Crippen molar-refractivity contribution in [2.75, 3.05) is 6.54 Å². The number of carbonyl (C=O) groups is 2. The molecule has 0 saturated heterocycles. The van der Waals surface area contributed by atoms with Gasteiger partial charge in [-0.15, -0.1) is 11.3 Å². The molecule has 3 aromatic rings. The summed E-state index contributed by atoms with van der Waals surface area (Å²) in [6.45, 7) is 0.0123. The molecule has 0 saturated carbocycles. The second-order valence-electron chi connectivity index (χ2n) is 6.43. The fourth-order valence-corrected chi connectivity index (χ4v) is 4.89. The van der Waals surface area contributed by atoms with E-state index in [2.05, 4.69) is 15.6 Å². The summed E-state index contributed by atoms with van der Waals surface area (Å²) >= 11 is 13.4. The SMILES string of the molecule is NC(=O)CN[C@@H]1c2ccccc2C[C@H]1NC(=O)Oc1cc2sc(Cl)c(Cl)c2[nH]1. The van der Waals surface area contributed by atoms with Crippen LogP contribution in [0.1, 0.15) is 17.2 Å². The van der Waals surface area contributed by atoms with Crippen molar-refractivity contribution in [2.45, 2.75) is 18.5 Å². The lowest BCUT2D eigenvalue weighted by molar-refractivity contribution is -0.117. The zero-order valence-corrected chi connectivity index (χ0v) is 16.8. The van der Waals surface area contributed by atoms with E-state index in [0.29, 0.717) is 21.3 Å². The van der Waals surface area contributed by atoms with Crippen LogP contribution in [0.2, 0.25) is 9.36 Å². The number of H-pyrrole nitrogens is 1. The third-order valence-electron chi connectivity index (χ3n) is 4.58. The predicted octanol–water partition coefficient (Wildman–Crippen LogP) is 3.37. The normalized spacial score (nSPS) is 18.2. The number of carbonyl (C=O) groups excluding carboxylic acids is 2. The molecule has 1 aromatic carbocycles. The van der Waals surface area contributed by atoms with Gasteiger partial charge in [-0.1, -0.05) is 47.5 Å². The zero-order valence-electron chi connectivity index (χ0n) is 14.4. The molecule has 5 N–H and O–H groups in total. The van der Waals surface area contributed by atoms with Crippen LogP contribution in [-0.4, -0.2) is 29.6 Å². The number of hydrogen-bond donors (Lipinski definition) is 4. The van der Waals surface area contributed by atoms with E-state index in [9.17, 15) is 9.59 Å². The van der Waals surface area contributed by atoms with Gasteiger partial charge in [0.2, 0.25) is 11.8 Å². The van der Waals surface area contributed by atoms with Gasteiger partial charge >= 0.3 is 6.09 Å². The maximum Gasteiger partial charge on any atom is 0.414 e. The molecule has 0 fully saturated rings. The molecule has 0 bridgehead atoms. The number of nitrogens with two attached hydrogens (primary N) is 1. The van der Waals surface area contributed by atoms with Crippen molar-refractivity contribution in [1.82, 2.24) is 15.6 Å². The van der Waals surface area contributed by atoms with E-state index >= 15 is 0 Å². The average molecular weight is 439 g/mol. The Kier molecular flexibility index (Phi) is 5.20. The Hall–Kier alpha value is -2.26. The molecular weight excluding hydrogens is 423 g/mol. The van der Waals surface area contributed by atoms with Crippen LogP contribution in [0.15, 0.2) is 30.3 Å². The monoisotopic (exact) mass is 438 g/mol. The van der Waals surface area contributed by atoms with Gasteiger partial charge in [0.05, 0.1) is 33.9 Å². The smallest absolute Gasteiger partial charge is 0.393 e. The molecule has 1 aliphatic rings. The highest BCUT2D eigenvalue weighted by molar-refractivity contribution is 7.23. The highest BCUT2D eigenvalue weighted by Gasteiger charge is 2.33. The van der Waals surface area contributed by atoms with Crippen molar-refractivity contribution in [2.24, 2.45) is 5.73 Å². The fourth-order valence-electron chi connectivity index (χ4n) is 3.42. The largest absolute Gasteiger partial charge is 0.414 e. The van der Waals surface area contributed by atoms with Gasteiger partial charge in [-0.3, -0.25) is 10.1 Å². The molecule has 4 rings (SSSR count). The number of primary amides is 1. The molecule has 10 heteroatoms. The quantitative estimate of drug-likeness (QED) is 0.489. The molecule has 0 aliphatic heterocycles. The van der Waals surface area contributed by atoms with E-state index in [4.69, 9.17) is 33.7 Å². The van der Waals surface area contributed by atoms with Gasteiger partial charge in [0.25, 0.3) is 0 Å². The van der Waals surface area contributed by atoms with Crippen molar-refractivity contribution < 1.29 is 14.3 Å². The van der Waals surface area contributed by atoms with E-state index < -0.39 is 12.0 Å². The summed E-state index contributed by atoms with van der Waals surface area (Å²) in [4.78, 5) is 26.5. The molecule has 0 spiro atoms. The lowest BCUT2D eigenvalue weighted by Gasteiger charge is -2.22. The summed E-state index contributed by atoms with van der Waals surface area (Å²) in [6, 6.07) is 8.96. The molecule has 2 heterocycles. The molecular formula is C18H16Cl2N4O3S. The number of fused-ring (bicyclic) bond motifs is 2. The summed E-state index contributed by atoms with van der Waals surface area (Å²) in [7, 11) is 0. The van der Waals surface area contributed by atoms with Crippen LogP contribution in [0.25, 0.3) is 10.2 Å². The molecule has 7 nitrogen and oxygen atoms in total. The first-order chi connectivity index (χ1) is 13.4. The number of ether oxygens (including phenoxy) is 1. The van der Waals surface area contributed by atoms with Crippen LogP contribution in [0.5, 0.6) is 5.88 Å². The first-order valence-corrected chi connectivity index (χ1v) is 10.0. The van der Waals surface area contributed by atoms with Crippen molar-refractivity contribution >= 4 is 56.8 Å². The van der Waals surface area contributed by atoms with Crippen LogP contribution in [0.3, 0.4) is 0 Å². The third-order valence-corrected chi connectivity index (χ3v) is 6.52. The molecule has 0 unspecified atom stereocenters. The maximum absolute atomic E-state index is 12.4. The van der Waals surface area contributed by atoms with Crippen molar-refractivity contribution in [3.05, 3.63) is 50.8 Å². The number of benzene rings is 1. The zero-order chi connectivity index (χ0) is 19.8. The first-order valence-electron chi connectivity index (χ1n) is 8.46. The molecule has 28 heavy (non-hydrogen) atoms. The lowest BCUT2D eigenvalue weighted by Crippen LogP contribution is -2.45. The molecule has 2 amide bonds. The van der Waals surface area contributed by atoms with E-state index in [1.54, 1.807) is 6.07 Å². The first kappa shape index (κ1) is 19.1. The number of rotatable bonds is 5. The molecule has 2 aromatic heterocycles. The molecule has 1 aliphatic carbocycles. The summed E-state index contributed by atoms with van der Waals surface area (Å²) in [5.74, 6) is -0.192. The highest BCUT2D eigenvalue weighted by Crippen LogP contribution is 2.40. The third kappa shape index (κ3) is 3.68. The van der Waals surface area contributed by atoms with Crippen molar-refractivity contribution in [1.29, 1.82) is 0 Å². The van der Waals surface area contributed by atoms with E-state index in [-0.39, 0.29) is 24.5 Å². The summed E-state index contributed by atoms with van der Waals surface area (Å²) in [5, 5.41) is 6.37. The van der Waals surface area contributed by atoms with Crippen LogP contribution in [0.4, 0.5) is 4.79 Å². The number of hydrogen-bond acceptors (Lipinski definition) is 5. The molecule has 2 atom stereocenters. The Morgan fingerprint density at radius 3 is 2.86 bits per heavy atom. The van der Waals surface area contributed by atoms with Crippen LogP contribution in [-0.2, 0) is 11.2 Å². The van der Waals surface area contributed by atoms with Crippen molar-refractivity contribution in [3.8, 4) is 5.88 Å². The number of aromatic nitrogens is 1. The summed E-state index contributed by atoms with van der Waals surface area (Å²) < 4.78 is 6.64. The van der Waals surface area contributed by atoms with E-state index in [1.165, 1.54) is 11.3 Å². The maximum atomic E-state index is 12.4. The number of aromatic amines is 1. The Morgan fingerprint density at radius 1 is 1.32 bits per heavy atom. The van der Waals surface area contributed by atoms with Gasteiger partial charge in [0.15, 0.2) is 0 Å². The van der Waals surface area contributed by atoms with Gasteiger partial charge in [-0.25, -0.2) is 4.79 Å². The number of halogens is 2. The average Bonchev–Trinajstić information content (AvgIpc) is 3.26. The second-order valence-corrected chi connectivity index (χ2v) is 8.46. The predicted molar refractivity (Wildman–Crippen MR) is 109 cm³/mol. The topological polar surface area (TPSA) is 109 Å². The van der Waals surface area contributed by atoms with Crippen molar-refractivity contribution in [3.63, 3.8) is 0 Å². The minimum atomic E-state index is -0.611. The standard InChI is InChI=1S/C18H16Cl2N4O3S/c19-14-16-11(28-17(14)20)6-13(24-16)27-18(26)23-10-5-8-3-1-2-4-9(8)15(10)22-7-12(21)25/h1-4,6,10,15,22,24H,5,7H2,(H2,21,25)(H,23,26)/t10-,15-/m1/s1. The van der Waals surface area contributed by atoms with Gasteiger partial charge in [-0.2, -0.15) is 0 Å². The Balaban J connectivity index is 1.46. The molecule has 0 radical (unpaired) electrons. The minimum Gasteiger partial charge on any atom is -0.393 e. The van der Waals surface area contributed by atoms with Crippen LogP contribution >= 0.6 is 34.5 Å². The summed E-state index contributed by atoms with van der Waals surface area (Å²) in [5.41, 5.74) is 8.00. The Labute approximate surface area is 174 Å². The number of nitrogens with one attached hydrogen (secondary N) is 3. The van der Waals surface area contributed by atoms with Gasteiger partial charge in [0.1, 0.15) is 4.34 Å². The van der Waals surface area contributed by atoms with E-state index in [1.807, 2.05) is 24.3 Å². The molecule has 146 valence electrons. The number of thiophene rings is 1. The minimum absolute atomic E-state index is 0.0123. The van der Waals surface area contributed by atoms with Gasteiger partial charge in [-0.05, 0) is 17.5 Å². The van der Waals surface area contributed by atoms with Gasteiger partial charge in [0, 0.05) is 6.07 Å². The van der Waals surface area contributed by atoms with E-state index in [0.717, 1.165) is 15.8 Å². The van der Waals surface area contributed by atoms with Gasteiger partial charge < -0.3 is 20.8 Å². The highest BCUT2D eigenvalue weighted by atomic mass is 35.5. The summed E-state index contributed by atoms with van der Waals surface area (Å²) in [6.07, 6.45) is 0.00275. The second kappa shape index (κ2) is 7.63. The fraction of sp³-hybridized carbons (Fsp3) is 0.222. The number of amides is 2. The Morgan fingerprint density at radius 2 is 2.11 bits per heavy atom. The Bertz CT molecular complexity index is 1060. The van der Waals surface area contributed by atoms with Crippen LogP contribution in [0, 0.1) is 0 Å².